The molecule has 4 rings (SSSR count). The first kappa shape index (κ1) is 16.6. The van der Waals surface area contributed by atoms with Gasteiger partial charge in [-0.2, -0.15) is 0 Å². The van der Waals surface area contributed by atoms with Crippen LogP contribution >= 0.6 is 0 Å². The number of aromatic nitrogens is 3. The summed E-state index contributed by atoms with van der Waals surface area (Å²) in [5, 5.41) is 0. The van der Waals surface area contributed by atoms with Gasteiger partial charge < -0.3 is 4.90 Å². The highest BCUT2D eigenvalue weighted by Gasteiger charge is 2.19. The summed E-state index contributed by atoms with van der Waals surface area (Å²) < 4.78 is 13.9. The van der Waals surface area contributed by atoms with Crippen molar-refractivity contribution in [3.8, 4) is 11.4 Å². The molecule has 0 radical (unpaired) electrons. The smallest absolute Gasteiger partial charge is 0.160 e. The highest BCUT2D eigenvalue weighted by Crippen LogP contribution is 2.21. The van der Waals surface area contributed by atoms with Crippen LogP contribution in [0.5, 0.6) is 0 Å². The summed E-state index contributed by atoms with van der Waals surface area (Å²) in [4.78, 5) is 17.6. The van der Waals surface area contributed by atoms with E-state index >= 15 is 0 Å². The molecule has 1 aliphatic rings. The molecule has 0 amide bonds. The van der Waals surface area contributed by atoms with E-state index in [0.29, 0.717) is 11.5 Å². The molecule has 0 unspecified atom stereocenters. The molecule has 5 nitrogen and oxygen atoms in total. The van der Waals surface area contributed by atoms with Crippen LogP contribution in [0.1, 0.15) is 5.69 Å². The van der Waals surface area contributed by atoms with E-state index in [0.717, 1.165) is 44.0 Å². The number of hydrogen-bond donors (Lipinski definition) is 0. The van der Waals surface area contributed by atoms with E-state index in [-0.39, 0.29) is 5.82 Å². The van der Waals surface area contributed by atoms with E-state index in [1.807, 2.05) is 30.3 Å². The summed E-state index contributed by atoms with van der Waals surface area (Å²) in [6, 6.07) is 12.8. The Kier molecular flexibility index (Phi) is 4.84. The van der Waals surface area contributed by atoms with Crippen LogP contribution in [-0.2, 0) is 6.54 Å². The Balaban J connectivity index is 1.40. The van der Waals surface area contributed by atoms with Gasteiger partial charge in [-0.25, -0.2) is 14.4 Å². The summed E-state index contributed by atoms with van der Waals surface area (Å²) in [7, 11) is 0. The molecule has 26 heavy (non-hydrogen) atoms. The van der Waals surface area contributed by atoms with E-state index in [2.05, 4.69) is 24.8 Å². The van der Waals surface area contributed by atoms with Gasteiger partial charge in [0.2, 0.25) is 0 Å². The molecule has 1 aliphatic heterocycles. The first-order chi connectivity index (χ1) is 12.8. The number of benzene rings is 1. The summed E-state index contributed by atoms with van der Waals surface area (Å²) in [6.45, 7) is 4.13. The minimum absolute atomic E-state index is 0.155. The molecule has 1 aromatic carbocycles. The van der Waals surface area contributed by atoms with E-state index in [9.17, 15) is 4.39 Å². The Bertz CT molecular complexity index is 863. The molecule has 1 fully saturated rings. The molecule has 0 atom stereocenters. The zero-order valence-electron chi connectivity index (χ0n) is 14.4. The average Bonchev–Trinajstić information content (AvgIpc) is 2.70. The second-order valence-electron chi connectivity index (χ2n) is 6.33. The van der Waals surface area contributed by atoms with Gasteiger partial charge >= 0.3 is 0 Å². The van der Waals surface area contributed by atoms with Crippen LogP contribution < -0.4 is 4.90 Å². The third-order valence-corrected chi connectivity index (χ3v) is 4.58. The molecular formula is C20H20FN5. The van der Waals surface area contributed by atoms with Crippen molar-refractivity contribution < 1.29 is 4.39 Å². The number of rotatable bonds is 4. The maximum Gasteiger partial charge on any atom is 0.160 e. The van der Waals surface area contributed by atoms with Crippen molar-refractivity contribution in [1.29, 1.82) is 0 Å². The Hall–Kier alpha value is -2.86. The number of para-hydroxylation sites is 1. The topological polar surface area (TPSA) is 45.2 Å². The Labute approximate surface area is 152 Å². The number of anilines is 1. The van der Waals surface area contributed by atoms with Crippen molar-refractivity contribution in [3.05, 3.63) is 72.6 Å². The SMILES string of the molecule is Fc1ccccc1N1CCN(Cc2ccnc(-c3cccnc3)n2)CC1. The first-order valence-electron chi connectivity index (χ1n) is 8.74. The van der Waals surface area contributed by atoms with E-state index in [1.54, 1.807) is 24.7 Å². The molecule has 0 bridgehead atoms. The molecular weight excluding hydrogens is 329 g/mol. The van der Waals surface area contributed by atoms with Crippen molar-refractivity contribution in [2.24, 2.45) is 0 Å². The second kappa shape index (κ2) is 7.58. The first-order valence-corrected chi connectivity index (χ1v) is 8.74. The van der Waals surface area contributed by atoms with Crippen LogP contribution in [0.4, 0.5) is 10.1 Å². The summed E-state index contributed by atoms with van der Waals surface area (Å²) in [5.74, 6) is 0.540. The van der Waals surface area contributed by atoms with Gasteiger partial charge in [0.1, 0.15) is 5.82 Å². The van der Waals surface area contributed by atoms with Gasteiger partial charge in [0.25, 0.3) is 0 Å². The third-order valence-electron chi connectivity index (χ3n) is 4.58. The van der Waals surface area contributed by atoms with E-state index in [1.165, 1.54) is 6.07 Å². The second-order valence-corrected chi connectivity index (χ2v) is 6.33. The van der Waals surface area contributed by atoms with Crippen molar-refractivity contribution in [2.75, 3.05) is 31.1 Å². The number of hydrogen-bond acceptors (Lipinski definition) is 5. The molecule has 0 saturated carbocycles. The highest BCUT2D eigenvalue weighted by atomic mass is 19.1. The third kappa shape index (κ3) is 3.70. The lowest BCUT2D eigenvalue weighted by atomic mass is 10.2. The van der Waals surface area contributed by atoms with Crippen LogP contribution in [0, 0.1) is 5.82 Å². The zero-order chi connectivity index (χ0) is 17.8. The predicted octanol–water partition coefficient (Wildman–Crippen LogP) is 3.00. The van der Waals surface area contributed by atoms with Gasteiger partial charge in [-0.1, -0.05) is 12.1 Å². The number of piperazine rings is 1. The van der Waals surface area contributed by atoms with Crippen molar-refractivity contribution in [2.45, 2.75) is 6.54 Å². The van der Waals surface area contributed by atoms with Crippen LogP contribution in [-0.4, -0.2) is 46.0 Å². The van der Waals surface area contributed by atoms with E-state index < -0.39 is 0 Å². The molecule has 0 spiro atoms. The monoisotopic (exact) mass is 349 g/mol. The predicted molar refractivity (Wildman–Crippen MR) is 99.2 cm³/mol. The maximum absolute atomic E-state index is 13.9. The molecule has 6 heteroatoms. The molecule has 3 aromatic rings. The quantitative estimate of drug-likeness (QED) is 0.725. The van der Waals surface area contributed by atoms with Crippen molar-refractivity contribution in [1.82, 2.24) is 19.9 Å². The lowest BCUT2D eigenvalue weighted by Crippen LogP contribution is -2.46. The largest absolute Gasteiger partial charge is 0.367 e. The van der Waals surface area contributed by atoms with Crippen LogP contribution in [0.25, 0.3) is 11.4 Å². The van der Waals surface area contributed by atoms with Gasteiger partial charge in [0.15, 0.2) is 5.82 Å². The van der Waals surface area contributed by atoms with Crippen LogP contribution in [0.2, 0.25) is 0 Å². The lowest BCUT2D eigenvalue weighted by Gasteiger charge is -2.36. The Morgan fingerprint density at radius 1 is 0.923 bits per heavy atom. The number of halogens is 1. The fourth-order valence-electron chi connectivity index (χ4n) is 3.20. The van der Waals surface area contributed by atoms with Crippen molar-refractivity contribution >= 4 is 5.69 Å². The molecule has 3 heterocycles. The molecule has 0 N–H and O–H groups in total. The van der Waals surface area contributed by atoms with E-state index in [4.69, 9.17) is 0 Å². The zero-order valence-corrected chi connectivity index (χ0v) is 14.4. The molecule has 1 saturated heterocycles. The fraction of sp³-hybridized carbons (Fsp3) is 0.250. The molecule has 0 aliphatic carbocycles. The number of pyridine rings is 1. The molecule has 132 valence electrons. The van der Waals surface area contributed by atoms with Gasteiger partial charge in [-0.3, -0.25) is 9.88 Å². The van der Waals surface area contributed by atoms with Gasteiger partial charge in [-0.05, 0) is 30.3 Å². The maximum atomic E-state index is 13.9. The Morgan fingerprint density at radius 2 is 1.77 bits per heavy atom. The van der Waals surface area contributed by atoms with Crippen LogP contribution in [0.3, 0.4) is 0 Å². The minimum Gasteiger partial charge on any atom is -0.367 e. The lowest BCUT2D eigenvalue weighted by molar-refractivity contribution is 0.246. The molecule has 2 aromatic heterocycles. The van der Waals surface area contributed by atoms with Gasteiger partial charge in [0.05, 0.1) is 11.4 Å². The normalized spacial score (nSPS) is 15.2. The van der Waals surface area contributed by atoms with Crippen LogP contribution in [0.15, 0.2) is 61.1 Å². The minimum atomic E-state index is -0.155. The van der Waals surface area contributed by atoms with Gasteiger partial charge in [0, 0.05) is 56.9 Å². The van der Waals surface area contributed by atoms with Gasteiger partial charge in [-0.15, -0.1) is 0 Å². The summed E-state index contributed by atoms with van der Waals surface area (Å²) in [6.07, 6.45) is 5.30. The average molecular weight is 349 g/mol. The summed E-state index contributed by atoms with van der Waals surface area (Å²) >= 11 is 0. The fourth-order valence-corrected chi connectivity index (χ4v) is 3.20. The highest BCUT2D eigenvalue weighted by molar-refractivity contribution is 5.52. The van der Waals surface area contributed by atoms with Crippen molar-refractivity contribution in [3.63, 3.8) is 0 Å². The Morgan fingerprint density at radius 3 is 2.54 bits per heavy atom. The standard InChI is InChI=1S/C20H20FN5/c21-18-5-1-2-6-19(18)26-12-10-25(11-13-26)15-17-7-9-23-20(24-17)16-4-3-8-22-14-16/h1-9,14H,10-13,15H2. The number of nitrogens with zero attached hydrogens (tertiary/aromatic N) is 5. The summed E-state index contributed by atoms with van der Waals surface area (Å²) in [5.41, 5.74) is 2.59.